The molecule has 0 fully saturated rings. The lowest BCUT2D eigenvalue weighted by molar-refractivity contribution is 0.439. The zero-order valence-corrected chi connectivity index (χ0v) is 12.1. The number of hydrogen-bond acceptors (Lipinski definition) is 1. The summed E-state index contributed by atoms with van der Waals surface area (Å²) < 4.78 is 14.3. The van der Waals surface area contributed by atoms with Gasteiger partial charge in [-0.2, -0.15) is 0 Å². The molecule has 1 nitrogen and oxygen atoms in total. The van der Waals surface area contributed by atoms with Crippen molar-refractivity contribution < 1.29 is 4.39 Å². The first-order chi connectivity index (χ1) is 9.07. The van der Waals surface area contributed by atoms with Crippen molar-refractivity contribution in [3.63, 3.8) is 0 Å². The third-order valence-corrected chi connectivity index (χ3v) is 4.35. The normalized spacial score (nSPS) is 21.4. The van der Waals surface area contributed by atoms with Gasteiger partial charge in [0, 0.05) is 10.0 Å². The fraction of sp³-hybridized carbons (Fsp3) is 0.250. The van der Waals surface area contributed by atoms with Gasteiger partial charge in [0.1, 0.15) is 5.82 Å². The molecule has 0 saturated heterocycles. The second kappa shape index (κ2) is 4.73. The second-order valence-corrected chi connectivity index (χ2v) is 6.18. The highest BCUT2D eigenvalue weighted by Gasteiger charge is 2.35. The monoisotopic (exact) mass is 319 g/mol. The van der Waals surface area contributed by atoms with Gasteiger partial charge in [-0.15, -0.1) is 0 Å². The first-order valence-corrected chi connectivity index (χ1v) is 7.18. The predicted molar refractivity (Wildman–Crippen MR) is 78.4 cm³/mol. The molecule has 3 heteroatoms. The number of halogens is 2. The number of hydrogen-bond donors (Lipinski definition) is 1. The van der Waals surface area contributed by atoms with E-state index in [1.54, 1.807) is 6.07 Å². The zero-order valence-electron chi connectivity index (χ0n) is 10.5. The van der Waals surface area contributed by atoms with Gasteiger partial charge in [-0.3, -0.25) is 0 Å². The topological polar surface area (TPSA) is 26.0 Å². The van der Waals surface area contributed by atoms with Crippen molar-refractivity contribution in [2.24, 2.45) is 5.73 Å². The van der Waals surface area contributed by atoms with E-state index < -0.39 is 0 Å². The average molecular weight is 320 g/mol. The Bertz CT molecular complexity index is 626. The van der Waals surface area contributed by atoms with Gasteiger partial charge in [-0.1, -0.05) is 34.1 Å². The van der Waals surface area contributed by atoms with E-state index in [2.05, 4.69) is 28.1 Å². The number of fused-ring (bicyclic) bond motifs is 1. The molecule has 1 aliphatic carbocycles. The van der Waals surface area contributed by atoms with E-state index in [1.807, 2.05) is 18.2 Å². The summed E-state index contributed by atoms with van der Waals surface area (Å²) in [6, 6.07) is 13.2. The maximum absolute atomic E-state index is 13.2. The number of benzene rings is 2. The van der Waals surface area contributed by atoms with Crippen LogP contribution in [0.25, 0.3) is 0 Å². The van der Waals surface area contributed by atoms with Gasteiger partial charge < -0.3 is 5.73 Å². The Morgan fingerprint density at radius 1 is 1.21 bits per heavy atom. The molecule has 0 bridgehead atoms. The fourth-order valence-electron chi connectivity index (χ4n) is 2.94. The van der Waals surface area contributed by atoms with Crippen molar-refractivity contribution in [1.29, 1.82) is 0 Å². The summed E-state index contributed by atoms with van der Waals surface area (Å²) >= 11 is 3.48. The summed E-state index contributed by atoms with van der Waals surface area (Å²) in [5, 5.41) is 0. The molecule has 1 aliphatic rings. The van der Waals surface area contributed by atoms with Crippen LogP contribution in [0.3, 0.4) is 0 Å². The molecule has 0 spiro atoms. The van der Waals surface area contributed by atoms with E-state index in [0.717, 1.165) is 34.9 Å². The largest absolute Gasteiger partial charge is 0.321 e. The molecule has 98 valence electrons. The van der Waals surface area contributed by atoms with Crippen molar-refractivity contribution in [2.75, 3.05) is 0 Å². The van der Waals surface area contributed by atoms with Crippen LogP contribution in [0.4, 0.5) is 4.39 Å². The highest BCUT2D eigenvalue weighted by Crippen LogP contribution is 2.37. The van der Waals surface area contributed by atoms with Gasteiger partial charge in [-0.05, 0) is 60.2 Å². The van der Waals surface area contributed by atoms with Gasteiger partial charge in [0.05, 0.1) is 0 Å². The standard InChI is InChI=1S/C16H15BrFN/c17-13-3-1-2-11(8-13)10-16(19)7-6-12-9-14(18)4-5-15(12)16/h1-5,8-9H,6-7,10,19H2. The van der Waals surface area contributed by atoms with Crippen LogP contribution < -0.4 is 5.73 Å². The first kappa shape index (κ1) is 12.8. The molecule has 0 saturated carbocycles. The van der Waals surface area contributed by atoms with Crippen LogP contribution in [0.2, 0.25) is 0 Å². The third-order valence-electron chi connectivity index (χ3n) is 3.85. The summed E-state index contributed by atoms with van der Waals surface area (Å²) in [7, 11) is 0. The molecule has 2 N–H and O–H groups in total. The van der Waals surface area contributed by atoms with Crippen LogP contribution in [0, 0.1) is 5.82 Å². The highest BCUT2D eigenvalue weighted by molar-refractivity contribution is 9.10. The summed E-state index contributed by atoms with van der Waals surface area (Å²) in [4.78, 5) is 0. The second-order valence-electron chi connectivity index (χ2n) is 5.26. The Hall–Kier alpha value is -1.19. The summed E-state index contributed by atoms with van der Waals surface area (Å²) in [5.74, 6) is -0.176. The van der Waals surface area contributed by atoms with Crippen molar-refractivity contribution in [3.05, 3.63) is 69.4 Å². The van der Waals surface area contributed by atoms with E-state index in [4.69, 9.17) is 5.73 Å². The molecule has 0 aromatic heterocycles. The molecule has 1 atom stereocenters. The maximum atomic E-state index is 13.2. The summed E-state index contributed by atoms with van der Waals surface area (Å²) in [6.45, 7) is 0. The number of nitrogens with two attached hydrogens (primary N) is 1. The zero-order chi connectivity index (χ0) is 13.5. The molecule has 0 heterocycles. The molecule has 1 unspecified atom stereocenters. The predicted octanol–water partition coefficient (Wildman–Crippen LogP) is 3.93. The van der Waals surface area contributed by atoms with Crippen LogP contribution in [0.15, 0.2) is 46.9 Å². The Balaban J connectivity index is 1.94. The quantitative estimate of drug-likeness (QED) is 0.891. The molecular formula is C16H15BrFN. The smallest absolute Gasteiger partial charge is 0.123 e. The molecule has 2 aromatic rings. The minimum absolute atomic E-state index is 0.176. The molecule has 0 radical (unpaired) electrons. The van der Waals surface area contributed by atoms with Crippen LogP contribution >= 0.6 is 15.9 Å². The van der Waals surface area contributed by atoms with Gasteiger partial charge in [-0.25, -0.2) is 4.39 Å². The van der Waals surface area contributed by atoms with Crippen molar-refractivity contribution in [2.45, 2.75) is 24.8 Å². The van der Waals surface area contributed by atoms with Crippen LogP contribution in [0.1, 0.15) is 23.1 Å². The van der Waals surface area contributed by atoms with Gasteiger partial charge >= 0.3 is 0 Å². The van der Waals surface area contributed by atoms with Gasteiger partial charge in [0.25, 0.3) is 0 Å². The highest BCUT2D eigenvalue weighted by atomic mass is 79.9. The molecule has 0 amide bonds. The van der Waals surface area contributed by atoms with Crippen molar-refractivity contribution in [1.82, 2.24) is 0 Å². The average Bonchev–Trinajstić information content (AvgIpc) is 2.66. The first-order valence-electron chi connectivity index (χ1n) is 6.39. The van der Waals surface area contributed by atoms with Gasteiger partial charge in [0.2, 0.25) is 0 Å². The molecule has 19 heavy (non-hydrogen) atoms. The molecule has 0 aliphatic heterocycles. The van der Waals surface area contributed by atoms with E-state index in [0.29, 0.717) is 0 Å². The Morgan fingerprint density at radius 2 is 2.05 bits per heavy atom. The van der Waals surface area contributed by atoms with Crippen LogP contribution in [-0.4, -0.2) is 0 Å². The minimum atomic E-state index is -0.371. The lowest BCUT2D eigenvalue weighted by Gasteiger charge is -2.25. The lowest BCUT2D eigenvalue weighted by atomic mass is 9.86. The SMILES string of the molecule is NC1(Cc2cccc(Br)c2)CCc2cc(F)ccc21. The molecule has 3 rings (SSSR count). The van der Waals surface area contributed by atoms with E-state index >= 15 is 0 Å². The van der Waals surface area contributed by atoms with Crippen LogP contribution in [0.5, 0.6) is 0 Å². The van der Waals surface area contributed by atoms with Crippen molar-refractivity contribution >= 4 is 15.9 Å². The van der Waals surface area contributed by atoms with Gasteiger partial charge in [0.15, 0.2) is 0 Å². The summed E-state index contributed by atoms with van der Waals surface area (Å²) in [5.41, 5.74) is 9.54. The van der Waals surface area contributed by atoms with Crippen molar-refractivity contribution in [3.8, 4) is 0 Å². The Kier molecular flexibility index (Phi) is 3.19. The Morgan fingerprint density at radius 3 is 2.84 bits per heavy atom. The van der Waals surface area contributed by atoms with Crippen LogP contribution in [-0.2, 0) is 18.4 Å². The minimum Gasteiger partial charge on any atom is -0.321 e. The molecule has 2 aromatic carbocycles. The lowest BCUT2D eigenvalue weighted by Crippen LogP contribution is -2.36. The third kappa shape index (κ3) is 2.45. The number of rotatable bonds is 2. The van der Waals surface area contributed by atoms with E-state index in [1.165, 1.54) is 11.6 Å². The Labute approximate surface area is 120 Å². The fourth-order valence-corrected chi connectivity index (χ4v) is 3.39. The van der Waals surface area contributed by atoms with E-state index in [9.17, 15) is 4.39 Å². The maximum Gasteiger partial charge on any atom is 0.123 e. The van der Waals surface area contributed by atoms with E-state index in [-0.39, 0.29) is 11.4 Å². The molecular weight excluding hydrogens is 305 g/mol. The number of aryl methyl sites for hydroxylation is 1. The summed E-state index contributed by atoms with van der Waals surface area (Å²) in [6.07, 6.45) is 2.51.